The van der Waals surface area contributed by atoms with Crippen LogP contribution in [0.15, 0.2) is 46.7 Å². The van der Waals surface area contributed by atoms with Crippen molar-refractivity contribution in [3.8, 4) is 0 Å². The minimum absolute atomic E-state index is 0.0840. The number of aliphatic carboxylic acids is 1. The second-order valence-corrected chi connectivity index (χ2v) is 9.99. The Hall–Kier alpha value is -2.01. The van der Waals surface area contributed by atoms with Crippen LogP contribution in [-0.4, -0.2) is 34.1 Å². The molecule has 0 aromatic rings. The lowest BCUT2D eigenvalue weighted by atomic mass is 9.79. The molecule has 2 N–H and O–H groups in total. The van der Waals surface area contributed by atoms with E-state index in [0.717, 1.165) is 22.6 Å². The summed E-state index contributed by atoms with van der Waals surface area (Å²) in [4.78, 5) is 25.3. The van der Waals surface area contributed by atoms with Gasteiger partial charge in [0.15, 0.2) is 0 Å². The lowest BCUT2D eigenvalue weighted by molar-refractivity contribution is -0.137. The van der Waals surface area contributed by atoms with Crippen molar-refractivity contribution in [2.24, 2.45) is 11.8 Å². The van der Waals surface area contributed by atoms with Gasteiger partial charge in [-0.25, -0.2) is 4.79 Å². The van der Waals surface area contributed by atoms with Crippen LogP contribution in [-0.2, 0) is 4.79 Å². The molecule has 33 heavy (non-hydrogen) atoms. The van der Waals surface area contributed by atoms with Crippen molar-refractivity contribution in [3.05, 3.63) is 46.7 Å². The van der Waals surface area contributed by atoms with Crippen molar-refractivity contribution in [1.82, 2.24) is 10.2 Å². The zero-order valence-corrected chi connectivity index (χ0v) is 21.5. The number of hydrogen-bond acceptors (Lipinski definition) is 2. The molecule has 184 valence electrons. The predicted octanol–water partition coefficient (Wildman–Crippen LogP) is 7.16. The fourth-order valence-corrected chi connectivity index (χ4v) is 5.05. The van der Waals surface area contributed by atoms with Crippen LogP contribution in [0, 0.1) is 11.8 Å². The molecular weight excluding hydrogens is 436 g/mol. The van der Waals surface area contributed by atoms with Crippen LogP contribution in [0.25, 0.3) is 0 Å². The van der Waals surface area contributed by atoms with E-state index in [1.807, 2.05) is 25.3 Å². The topological polar surface area (TPSA) is 69.6 Å². The maximum Gasteiger partial charge on any atom is 0.322 e. The van der Waals surface area contributed by atoms with Crippen molar-refractivity contribution in [2.45, 2.75) is 91.0 Å². The molecule has 0 aromatic heterocycles. The fraction of sp³-hybridized carbons (Fsp3) is 0.630. The third-order valence-corrected chi connectivity index (χ3v) is 7.33. The summed E-state index contributed by atoms with van der Waals surface area (Å²) in [6.07, 6.45) is 19.4. The van der Waals surface area contributed by atoms with Gasteiger partial charge in [-0.05, 0) is 42.7 Å². The van der Waals surface area contributed by atoms with E-state index < -0.39 is 11.5 Å². The van der Waals surface area contributed by atoms with Gasteiger partial charge in [-0.1, -0.05) is 95.2 Å². The summed E-state index contributed by atoms with van der Waals surface area (Å²) in [7, 11) is 0. The first-order chi connectivity index (χ1) is 15.7. The zero-order chi connectivity index (χ0) is 24.4. The van der Waals surface area contributed by atoms with E-state index in [-0.39, 0.29) is 24.9 Å². The van der Waals surface area contributed by atoms with Gasteiger partial charge >= 0.3 is 12.0 Å². The summed E-state index contributed by atoms with van der Waals surface area (Å²) < 4.78 is 0. The van der Waals surface area contributed by atoms with E-state index in [9.17, 15) is 9.59 Å². The van der Waals surface area contributed by atoms with Crippen LogP contribution in [0.3, 0.4) is 0 Å². The number of hydrogen-bond donors (Lipinski definition) is 2. The second kappa shape index (κ2) is 13.0. The number of urea groups is 1. The normalized spacial score (nSPS) is 23.6. The Labute approximate surface area is 204 Å². The predicted molar refractivity (Wildman–Crippen MR) is 136 cm³/mol. The smallest absolute Gasteiger partial charge is 0.322 e. The Morgan fingerprint density at radius 1 is 1.30 bits per heavy atom. The highest BCUT2D eigenvalue weighted by molar-refractivity contribution is 6.31. The van der Waals surface area contributed by atoms with Gasteiger partial charge in [0, 0.05) is 17.8 Å². The SMILES string of the molecule is C\C=C(Cl)/C(=C\C=C\[C@]1(CC)NC(=O)N(CCC(=O)O)C=C1C(C)C)CC1CCCCCC1. The maximum atomic E-state index is 12.8. The molecule has 1 saturated carbocycles. The Balaban J connectivity index is 2.30. The number of halogens is 1. The molecule has 5 nitrogen and oxygen atoms in total. The molecule has 1 atom stereocenters. The average Bonchev–Trinajstić information content (AvgIpc) is 3.05. The second-order valence-electron chi connectivity index (χ2n) is 9.58. The summed E-state index contributed by atoms with van der Waals surface area (Å²) in [5.74, 6) is -0.0536. The van der Waals surface area contributed by atoms with Crippen LogP contribution >= 0.6 is 11.6 Å². The number of allylic oxidation sites excluding steroid dienone is 5. The Morgan fingerprint density at radius 3 is 2.52 bits per heavy atom. The van der Waals surface area contributed by atoms with Crippen molar-refractivity contribution in [1.29, 1.82) is 0 Å². The van der Waals surface area contributed by atoms with Crippen LogP contribution in [0.1, 0.15) is 85.5 Å². The average molecular weight is 477 g/mol. The van der Waals surface area contributed by atoms with Gasteiger partial charge in [0.25, 0.3) is 0 Å². The molecule has 1 fully saturated rings. The van der Waals surface area contributed by atoms with Gasteiger partial charge in [0.2, 0.25) is 0 Å². The molecule has 0 radical (unpaired) electrons. The first-order valence-corrected chi connectivity index (χ1v) is 12.8. The van der Waals surface area contributed by atoms with E-state index in [1.54, 1.807) is 0 Å². The van der Waals surface area contributed by atoms with Crippen LogP contribution < -0.4 is 5.32 Å². The highest BCUT2D eigenvalue weighted by Gasteiger charge is 2.38. The van der Waals surface area contributed by atoms with Crippen molar-refractivity contribution in [3.63, 3.8) is 0 Å². The number of nitrogens with one attached hydrogen (secondary N) is 1. The fourth-order valence-electron chi connectivity index (χ4n) is 4.91. The van der Waals surface area contributed by atoms with Crippen molar-refractivity contribution < 1.29 is 14.7 Å². The molecule has 0 spiro atoms. The van der Waals surface area contributed by atoms with Gasteiger partial charge in [-0.15, -0.1) is 0 Å². The number of carbonyl (C=O) groups is 2. The molecule has 0 saturated heterocycles. The number of carbonyl (C=O) groups excluding carboxylic acids is 1. The van der Waals surface area contributed by atoms with E-state index in [1.165, 1.54) is 43.4 Å². The number of carboxylic acids is 1. The molecular formula is C27H41ClN2O3. The number of carboxylic acid groups (broad SMARTS) is 1. The van der Waals surface area contributed by atoms with Gasteiger partial charge in [-0.2, -0.15) is 0 Å². The summed E-state index contributed by atoms with van der Waals surface area (Å²) in [5, 5.41) is 13.0. The van der Waals surface area contributed by atoms with Crippen LogP contribution in [0.2, 0.25) is 0 Å². The Morgan fingerprint density at radius 2 is 1.97 bits per heavy atom. The van der Waals surface area contributed by atoms with E-state index in [0.29, 0.717) is 12.3 Å². The minimum atomic E-state index is -0.915. The van der Waals surface area contributed by atoms with E-state index in [4.69, 9.17) is 16.7 Å². The van der Waals surface area contributed by atoms with Gasteiger partial charge in [0.1, 0.15) is 0 Å². The highest BCUT2D eigenvalue weighted by atomic mass is 35.5. The summed E-state index contributed by atoms with van der Waals surface area (Å²) in [6.45, 7) is 8.38. The lowest BCUT2D eigenvalue weighted by Crippen LogP contribution is -2.57. The molecule has 6 heteroatoms. The summed E-state index contributed by atoms with van der Waals surface area (Å²) >= 11 is 6.59. The largest absolute Gasteiger partial charge is 0.481 e. The zero-order valence-electron chi connectivity index (χ0n) is 20.7. The molecule has 2 rings (SSSR count). The third kappa shape index (κ3) is 7.77. The molecule has 0 bridgehead atoms. The van der Waals surface area contributed by atoms with Gasteiger partial charge < -0.3 is 15.3 Å². The Bertz CT molecular complexity index is 804. The molecule has 2 amide bonds. The monoisotopic (exact) mass is 476 g/mol. The van der Waals surface area contributed by atoms with E-state index >= 15 is 0 Å². The third-order valence-electron chi connectivity index (χ3n) is 6.87. The van der Waals surface area contributed by atoms with Crippen molar-refractivity contribution >= 4 is 23.6 Å². The Kier molecular flexibility index (Phi) is 10.7. The van der Waals surface area contributed by atoms with E-state index in [2.05, 4.69) is 38.2 Å². The number of rotatable bonds is 10. The lowest BCUT2D eigenvalue weighted by Gasteiger charge is -2.42. The highest BCUT2D eigenvalue weighted by Crippen LogP contribution is 2.34. The molecule has 1 aliphatic heterocycles. The summed E-state index contributed by atoms with van der Waals surface area (Å²) in [6, 6.07) is -0.263. The van der Waals surface area contributed by atoms with Gasteiger partial charge in [0.05, 0.1) is 12.0 Å². The molecule has 1 heterocycles. The van der Waals surface area contributed by atoms with Crippen molar-refractivity contribution in [2.75, 3.05) is 6.54 Å². The maximum absolute atomic E-state index is 12.8. The number of amides is 2. The standard InChI is InChI=1S/C27H41ClN2O3/c1-5-24(28)22(18-21-12-9-7-8-10-13-21)14-11-16-27(6-2)23(20(3)4)19-30(26(33)29-27)17-15-25(31)32/h5,11,14,16,19-21H,6-10,12-13,15,17-18H2,1-4H3,(H,29,33)(H,31,32)/b16-11+,22-14-,24-5+/t27-/m0/s1. The summed E-state index contributed by atoms with van der Waals surface area (Å²) in [5.41, 5.74) is 1.62. The quantitative estimate of drug-likeness (QED) is 0.259. The first kappa shape index (κ1) is 27.2. The van der Waals surface area contributed by atoms with Crippen LogP contribution in [0.5, 0.6) is 0 Å². The molecule has 0 aromatic carbocycles. The molecule has 0 unspecified atom stereocenters. The first-order valence-electron chi connectivity index (χ1n) is 12.5. The molecule has 2 aliphatic rings. The van der Waals surface area contributed by atoms with Crippen LogP contribution in [0.4, 0.5) is 4.79 Å². The molecule has 1 aliphatic carbocycles. The number of nitrogens with zero attached hydrogens (tertiary/aromatic N) is 1. The minimum Gasteiger partial charge on any atom is -0.481 e. The van der Waals surface area contributed by atoms with Gasteiger partial charge in [-0.3, -0.25) is 4.79 Å².